The molecule has 1 aromatic carbocycles. The largest absolute Gasteiger partial charge is 0.339 e. The number of aromatic nitrogens is 2. The molecule has 0 bridgehead atoms. The molecule has 0 atom stereocenters. The summed E-state index contributed by atoms with van der Waals surface area (Å²) in [6, 6.07) is 9.79. The number of benzene rings is 1. The van der Waals surface area contributed by atoms with Gasteiger partial charge in [0.1, 0.15) is 0 Å². The van der Waals surface area contributed by atoms with Gasteiger partial charge in [0.15, 0.2) is 5.82 Å². The first-order valence-electron chi connectivity index (χ1n) is 5.98. The van der Waals surface area contributed by atoms with Crippen LogP contribution in [0.25, 0.3) is 11.3 Å². The molecule has 0 radical (unpaired) electrons. The molecule has 0 unspecified atom stereocenters. The summed E-state index contributed by atoms with van der Waals surface area (Å²) in [4.78, 5) is 1.41. The van der Waals surface area contributed by atoms with Crippen molar-refractivity contribution in [3.05, 3.63) is 51.2 Å². The van der Waals surface area contributed by atoms with Gasteiger partial charge in [-0.2, -0.15) is 5.10 Å². The second kappa shape index (κ2) is 4.11. The fourth-order valence-corrected chi connectivity index (χ4v) is 3.41. The Balaban J connectivity index is 1.68. The minimum Gasteiger partial charge on any atom is -0.339 e. The normalized spacial score (nSPS) is 12.3. The van der Waals surface area contributed by atoms with Gasteiger partial charge in [0.25, 0.3) is 0 Å². The molecule has 2 heterocycles. The summed E-state index contributed by atoms with van der Waals surface area (Å²) < 4.78 is 0. The van der Waals surface area contributed by atoms with Crippen molar-refractivity contribution >= 4 is 34.4 Å². The van der Waals surface area contributed by atoms with Crippen LogP contribution in [-0.2, 0) is 6.42 Å². The molecule has 3 nitrogen and oxygen atoms in total. The van der Waals surface area contributed by atoms with Crippen LogP contribution in [0, 0.1) is 0 Å². The van der Waals surface area contributed by atoms with Crippen LogP contribution in [0.5, 0.6) is 0 Å². The number of rotatable bonds is 2. The Labute approximate surface area is 119 Å². The van der Waals surface area contributed by atoms with Crippen molar-refractivity contribution in [3.8, 4) is 11.3 Å². The van der Waals surface area contributed by atoms with E-state index in [1.165, 1.54) is 16.0 Å². The Hall–Kier alpha value is -1.78. The van der Waals surface area contributed by atoms with E-state index < -0.39 is 0 Å². The summed E-state index contributed by atoms with van der Waals surface area (Å²) in [7, 11) is 0. The van der Waals surface area contributed by atoms with Crippen LogP contribution in [0.1, 0.15) is 10.4 Å². The van der Waals surface area contributed by atoms with E-state index in [4.69, 9.17) is 11.6 Å². The third kappa shape index (κ3) is 1.76. The van der Waals surface area contributed by atoms with E-state index in [0.29, 0.717) is 0 Å². The quantitative estimate of drug-likeness (QED) is 0.572. The van der Waals surface area contributed by atoms with Crippen LogP contribution in [0.4, 0.5) is 11.5 Å². The van der Waals surface area contributed by atoms with Gasteiger partial charge in [-0.1, -0.05) is 11.6 Å². The minimum absolute atomic E-state index is 0.736. The van der Waals surface area contributed by atoms with E-state index in [9.17, 15) is 0 Å². The maximum absolute atomic E-state index is 5.89. The van der Waals surface area contributed by atoms with Gasteiger partial charge in [-0.15, -0.1) is 11.3 Å². The lowest BCUT2D eigenvalue weighted by Crippen LogP contribution is -1.93. The number of halogens is 1. The number of nitrogens with one attached hydrogen (secondary N) is 2. The number of fused-ring (bicyclic) bond motifs is 3. The third-order valence-electron chi connectivity index (χ3n) is 3.33. The van der Waals surface area contributed by atoms with Crippen LogP contribution in [0.3, 0.4) is 0 Å². The molecule has 0 spiro atoms. The summed E-state index contributed by atoms with van der Waals surface area (Å²) >= 11 is 7.68. The molecule has 0 saturated heterocycles. The van der Waals surface area contributed by atoms with Crippen molar-refractivity contribution in [2.75, 3.05) is 5.32 Å². The average molecular weight is 288 g/mol. The van der Waals surface area contributed by atoms with Crippen LogP contribution in [-0.4, -0.2) is 10.2 Å². The number of hydrogen-bond donors (Lipinski definition) is 2. The summed E-state index contributed by atoms with van der Waals surface area (Å²) in [6.45, 7) is 0. The summed E-state index contributed by atoms with van der Waals surface area (Å²) in [6.07, 6.45) is 0.953. The summed E-state index contributed by atoms with van der Waals surface area (Å²) in [5.74, 6) is 0.903. The first-order chi connectivity index (χ1) is 9.31. The Morgan fingerprint density at radius 3 is 2.89 bits per heavy atom. The van der Waals surface area contributed by atoms with Gasteiger partial charge in [-0.05, 0) is 35.7 Å². The van der Waals surface area contributed by atoms with Gasteiger partial charge in [0, 0.05) is 33.1 Å². The molecule has 3 aromatic rings. The van der Waals surface area contributed by atoms with Crippen molar-refractivity contribution in [1.29, 1.82) is 0 Å². The van der Waals surface area contributed by atoms with Gasteiger partial charge < -0.3 is 5.32 Å². The van der Waals surface area contributed by atoms with Gasteiger partial charge in [-0.3, -0.25) is 5.10 Å². The molecule has 2 aromatic heterocycles. The molecule has 94 valence electrons. The fourth-order valence-electron chi connectivity index (χ4n) is 2.39. The highest BCUT2D eigenvalue weighted by atomic mass is 35.5. The zero-order valence-electron chi connectivity index (χ0n) is 9.90. The molecule has 1 aliphatic rings. The molecule has 19 heavy (non-hydrogen) atoms. The van der Waals surface area contributed by atoms with Crippen LogP contribution < -0.4 is 5.32 Å². The van der Waals surface area contributed by atoms with E-state index in [0.717, 1.165) is 28.6 Å². The summed E-state index contributed by atoms with van der Waals surface area (Å²) in [5.41, 5.74) is 4.68. The molecule has 5 heteroatoms. The Kier molecular flexibility index (Phi) is 2.40. The van der Waals surface area contributed by atoms with Crippen molar-refractivity contribution in [1.82, 2.24) is 10.2 Å². The molecule has 0 aliphatic heterocycles. The predicted octanol–water partition coefficient (Wildman–Crippen LogP) is 4.44. The standard InChI is InChI=1S/C14H10ClN3S/c15-8-1-3-9(4-2-8)16-14-11-7-12-10(5-6-19-12)13(11)17-18-14/h1-6H,7H2,(H2,16,17,18). The molecule has 1 aliphatic carbocycles. The smallest absolute Gasteiger partial charge is 0.156 e. The maximum atomic E-state index is 5.89. The lowest BCUT2D eigenvalue weighted by Gasteiger charge is -2.04. The van der Waals surface area contributed by atoms with Crippen molar-refractivity contribution in [2.45, 2.75) is 6.42 Å². The van der Waals surface area contributed by atoms with Gasteiger partial charge in [0.05, 0.1) is 5.69 Å². The maximum Gasteiger partial charge on any atom is 0.156 e. The highest BCUT2D eigenvalue weighted by molar-refractivity contribution is 7.10. The third-order valence-corrected chi connectivity index (χ3v) is 4.50. The highest BCUT2D eigenvalue weighted by Gasteiger charge is 2.25. The molecule has 4 rings (SSSR count). The van der Waals surface area contributed by atoms with Crippen molar-refractivity contribution in [2.24, 2.45) is 0 Å². The zero-order valence-corrected chi connectivity index (χ0v) is 11.5. The molecule has 0 saturated carbocycles. The summed E-state index contributed by atoms with van der Waals surface area (Å²) in [5, 5.41) is 13.7. The van der Waals surface area contributed by atoms with Gasteiger partial charge in [0.2, 0.25) is 0 Å². The van der Waals surface area contributed by atoms with E-state index in [1.54, 1.807) is 11.3 Å². The Morgan fingerprint density at radius 2 is 2.05 bits per heavy atom. The molecule has 0 amide bonds. The number of aromatic amines is 1. The van der Waals surface area contributed by atoms with Crippen LogP contribution in [0.15, 0.2) is 35.7 Å². The first kappa shape index (κ1) is 11.1. The van der Waals surface area contributed by atoms with E-state index in [2.05, 4.69) is 27.0 Å². The number of H-pyrrole nitrogens is 1. The zero-order chi connectivity index (χ0) is 12.8. The Bertz CT molecular complexity index is 742. The number of nitrogens with zero attached hydrogens (tertiary/aromatic N) is 1. The van der Waals surface area contributed by atoms with E-state index in [-0.39, 0.29) is 0 Å². The average Bonchev–Trinajstić information content (AvgIpc) is 3.05. The lowest BCUT2D eigenvalue weighted by molar-refractivity contribution is 1.09. The molecule has 2 N–H and O–H groups in total. The topological polar surface area (TPSA) is 40.7 Å². The second-order valence-electron chi connectivity index (χ2n) is 4.49. The predicted molar refractivity (Wildman–Crippen MR) is 79.4 cm³/mol. The lowest BCUT2D eigenvalue weighted by atomic mass is 10.2. The second-order valence-corrected chi connectivity index (χ2v) is 5.93. The van der Waals surface area contributed by atoms with Crippen LogP contribution in [0.2, 0.25) is 5.02 Å². The molecule has 0 fully saturated rings. The fraction of sp³-hybridized carbons (Fsp3) is 0.0714. The van der Waals surface area contributed by atoms with Gasteiger partial charge in [-0.25, -0.2) is 0 Å². The molecular weight excluding hydrogens is 278 g/mol. The number of thiophene rings is 1. The van der Waals surface area contributed by atoms with Gasteiger partial charge >= 0.3 is 0 Å². The Morgan fingerprint density at radius 1 is 1.21 bits per heavy atom. The van der Waals surface area contributed by atoms with Crippen molar-refractivity contribution in [3.63, 3.8) is 0 Å². The minimum atomic E-state index is 0.736. The van der Waals surface area contributed by atoms with E-state index in [1.807, 2.05) is 24.3 Å². The number of anilines is 2. The highest BCUT2D eigenvalue weighted by Crippen LogP contribution is 2.41. The van der Waals surface area contributed by atoms with E-state index >= 15 is 0 Å². The number of hydrogen-bond acceptors (Lipinski definition) is 3. The van der Waals surface area contributed by atoms with Crippen molar-refractivity contribution < 1.29 is 0 Å². The van der Waals surface area contributed by atoms with Crippen LogP contribution >= 0.6 is 22.9 Å². The monoisotopic (exact) mass is 287 g/mol. The SMILES string of the molecule is Clc1ccc(Nc2n[nH]c3c2Cc2sccc2-3)cc1. The first-order valence-corrected chi connectivity index (χ1v) is 7.23. The molecular formula is C14H10ClN3S.